The average molecular weight is 471 g/mol. The van der Waals surface area contributed by atoms with Crippen LogP contribution in [-0.4, -0.2) is 28.4 Å². The molecule has 6 nitrogen and oxygen atoms in total. The fraction of sp³-hybridized carbons (Fsp3) is 0.143. The van der Waals surface area contributed by atoms with Gasteiger partial charge in [-0.05, 0) is 42.3 Å². The number of amides is 2. The molecule has 3 rings (SSSR count). The third-order valence-corrected chi connectivity index (χ3v) is 5.48. The third kappa shape index (κ3) is 6.69. The van der Waals surface area contributed by atoms with Gasteiger partial charge in [0.1, 0.15) is 5.25 Å². The molecular weight excluding hydrogens is 452 g/mol. The van der Waals surface area contributed by atoms with E-state index < -0.39 is 5.25 Å². The van der Waals surface area contributed by atoms with E-state index in [9.17, 15) is 9.59 Å². The van der Waals surface area contributed by atoms with Crippen molar-refractivity contribution < 1.29 is 9.59 Å². The Morgan fingerprint density at radius 1 is 1.21 bits per heavy atom. The van der Waals surface area contributed by atoms with Gasteiger partial charge in [-0.2, -0.15) is 5.10 Å². The first-order chi connectivity index (χ1) is 14.0. The fourth-order valence-corrected chi connectivity index (χ4v) is 3.71. The molecule has 0 aliphatic carbocycles. The van der Waals surface area contributed by atoms with E-state index in [1.54, 1.807) is 18.3 Å². The molecule has 0 bridgehead atoms. The molecule has 1 atom stereocenters. The molecule has 2 aromatic carbocycles. The Kier molecular flexibility index (Phi) is 7.37. The van der Waals surface area contributed by atoms with Crippen LogP contribution in [0, 0.1) is 0 Å². The van der Waals surface area contributed by atoms with Crippen molar-refractivity contribution in [1.29, 1.82) is 0 Å². The molecule has 1 aliphatic heterocycles. The second-order valence-electron chi connectivity index (χ2n) is 6.30. The summed E-state index contributed by atoms with van der Waals surface area (Å²) in [5, 5.41) is 13.4. The third-order valence-electron chi connectivity index (χ3n) is 3.88. The summed E-state index contributed by atoms with van der Waals surface area (Å²) in [4.78, 5) is 24.3. The molecule has 0 spiro atoms. The molecule has 2 amide bonds. The first-order valence-electron chi connectivity index (χ1n) is 8.87. The van der Waals surface area contributed by atoms with Gasteiger partial charge in [0.05, 0.1) is 6.21 Å². The van der Waals surface area contributed by atoms with Gasteiger partial charge < -0.3 is 10.6 Å². The van der Waals surface area contributed by atoms with Crippen LogP contribution in [0.5, 0.6) is 0 Å². The van der Waals surface area contributed by atoms with Crippen LogP contribution in [0.3, 0.4) is 0 Å². The summed E-state index contributed by atoms with van der Waals surface area (Å²) in [7, 11) is 0. The lowest BCUT2D eigenvalue weighted by Crippen LogP contribution is -2.28. The zero-order valence-electron chi connectivity index (χ0n) is 15.6. The summed E-state index contributed by atoms with van der Waals surface area (Å²) in [6.45, 7) is 1.92. The number of allylic oxidation sites excluding steroid dienone is 1. The van der Waals surface area contributed by atoms with E-state index in [4.69, 9.17) is 0 Å². The molecule has 0 saturated carbocycles. The van der Waals surface area contributed by atoms with Crippen LogP contribution >= 0.6 is 27.7 Å². The summed E-state index contributed by atoms with van der Waals surface area (Å²) in [5.41, 5.74) is 2.69. The summed E-state index contributed by atoms with van der Waals surface area (Å²) in [6, 6.07) is 17.1. The maximum atomic E-state index is 12.2. The molecule has 1 fully saturated rings. The number of amidine groups is 1. The number of nitrogens with zero attached hydrogens (tertiary/aromatic N) is 2. The molecule has 29 heavy (non-hydrogen) atoms. The predicted molar refractivity (Wildman–Crippen MR) is 123 cm³/mol. The van der Waals surface area contributed by atoms with Gasteiger partial charge in [-0.25, -0.2) is 0 Å². The lowest BCUT2D eigenvalue weighted by atomic mass is 10.1. The molecule has 2 N–H and O–H groups in total. The zero-order valence-corrected chi connectivity index (χ0v) is 18.0. The number of anilines is 1. The van der Waals surface area contributed by atoms with Gasteiger partial charge in [-0.15, -0.1) is 5.10 Å². The van der Waals surface area contributed by atoms with Crippen LogP contribution in [0.1, 0.15) is 18.9 Å². The topological polar surface area (TPSA) is 82.9 Å². The standard InChI is InChI=1S/C21H19BrN4O2S/c1-14(11-15-5-3-2-4-6-15)13-23-26-21-25-20(28)18(29-21)12-19(27)24-17-9-7-16(22)8-10-17/h2-11,13,18H,12H2,1H3,(H,24,27)(H,25,26,28)/b14-11-,23-13-. The number of hydrogen-bond donors (Lipinski definition) is 2. The minimum Gasteiger partial charge on any atom is -0.326 e. The number of hydrogen-bond acceptors (Lipinski definition) is 5. The second kappa shape index (κ2) is 10.2. The SMILES string of the molecule is CC(/C=N\N=C1/NC(=O)C(CC(=O)Nc2ccc(Br)cc2)S1)=C/c1ccccc1. The Hall–Kier alpha value is -2.71. The first-order valence-corrected chi connectivity index (χ1v) is 10.5. The molecule has 0 radical (unpaired) electrons. The quantitative estimate of drug-likeness (QED) is 0.482. The molecule has 1 unspecified atom stereocenters. The van der Waals surface area contributed by atoms with Crippen molar-refractivity contribution in [3.05, 3.63) is 70.2 Å². The number of carbonyl (C=O) groups is 2. The maximum absolute atomic E-state index is 12.2. The van der Waals surface area contributed by atoms with Gasteiger partial charge >= 0.3 is 0 Å². The smallest absolute Gasteiger partial charge is 0.240 e. The number of carbonyl (C=O) groups excluding carboxylic acids is 2. The van der Waals surface area contributed by atoms with Crippen molar-refractivity contribution in [3.8, 4) is 0 Å². The Bertz CT molecular complexity index is 972. The van der Waals surface area contributed by atoms with Crippen LogP contribution in [0.2, 0.25) is 0 Å². The number of benzene rings is 2. The van der Waals surface area contributed by atoms with E-state index >= 15 is 0 Å². The largest absolute Gasteiger partial charge is 0.326 e. The van der Waals surface area contributed by atoms with Gasteiger partial charge in [0.15, 0.2) is 5.17 Å². The Morgan fingerprint density at radius 3 is 2.66 bits per heavy atom. The lowest BCUT2D eigenvalue weighted by Gasteiger charge is -2.07. The number of rotatable bonds is 6. The normalized spacial score (nSPS) is 18.3. The van der Waals surface area contributed by atoms with E-state index in [2.05, 4.69) is 36.8 Å². The van der Waals surface area contributed by atoms with Crippen molar-refractivity contribution >= 4 is 62.7 Å². The molecule has 0 aromatic heterocycles. The van der Waals surface area contributed by atoms with Crippen LogP contribution in [0.25, 0.3) is 6.08 Å². The predicted octanol–water partition coefficient (Wildman–Crippen LogP) is 4.45. The molecule has 8 heteroatoms. The highest BCUT2D eigenvalue weighted by atomic mass is 79.9. The fourth-order valence-electron chi connectivity index (χ4n) is 2.52. The highest BCUT2D eigenvalue weighted by Gasteiger charge is 2.32. The summed E-state index contributed by atoms with van der Waals surface area (Å²) in [6.07, 6.45) is 3.67. The highest BCUT2D eigenvalue weighted by molar-refractivity contribution is 9.10. The maximum Gasteiger partial charge on any atom is 0.240 e. The van der Waals surface area contributed by atoms with E-state index in [1.807, 2.05) is 55.5 Å². The second-order valence-corrected chi connectivity index (χ2v) is 8.41. The van der Waals surface area contributed by atoms with Crippen LogP contribution in [-0.2, 0) is 9.59 Å². The van der Waals surface area contributed by atoms with E-state index in [-0.39, 0.29) is 18.2 Å². The Labute approximate surface area is 181 Å². The van der Waals surface area contributed by atoms with E-state index in [0.717, 1.165) is 15.6 Å². The summed E-state index contributed by atoms with van der Waals surface area (Å²) < 4.78 is 0.927. The van der Waals surface area contributed by atoms with Gasteiger partial charge in [0.2, 0.25) is 11.8 Å². The van der Waals surface area contributed by atoms with Crippen LogP contribution in [0.15, 0.2) is 74.8 Å². The number of nitrogens with one attached hydrogen (secondary N) is 2. The number of thioether (sulfide) groups is 1. The van der Waals surface area contributed by atoms with Crippen molar-refractivity contribution in [2.45, 2.75) is 18.6 Å². The van der Waals surface area contributed by atoms with Crippen LogP contribution < -0.4 is 10.6 Å². The van der Waals surface area contributed by atoms with Crippen molar-refractivity contribution in [1.82, 2.24) is 5.32 Å². The zero-order chi connectivity index (χ0) is 20.6. The van der Waals surface area contributed by atoms with E-state index in [0.29, 0.717) is 10.9 Å². The highest BCUT2D eigenvalue weighted by Crippen LogP contribution is 2.23. The monoisotopic (exact) mass is 470 g/mol. The van der Waals surface area contributed by atoms with Gasteiger partial charge in [0.25, 0.3) is 0 Å². The molecule has 1 saturated heterocycles. The molecule has 1 aliphatic rings. The average Bonchev–Trinajstić information content (AvgIpc) is 3.03. The van der Waals surface area contributed by atoms with Crippen LogP contribution in [0.4, 0.5) is 5.69 Å². The first kappa shape index (κ1) is 21.0. The Balaban J connectivity index is 1.53. The van der Waals surface area contributed by atoms with Crippen molar-refractivity contribution in [2.75, 3.05) is 5.32 Å². The summed E-state index contributed by atoms with van der Waals surface area (Å²) in [5.74, 6) is -0.474. The molecular formula is C21H19BrN4O2S. The summed E-state index contributed by atoms with van der Waals surface area (Å²) >= 11 is 4.55. The molecule has 148 valence electrons. The van der Waals surface area contributed by atoms with E-state index in [1.165, 1.54) is 11.8 Å². The van der Waals surface area contributed by atoms with Gasteiger partial charge in [0, 0.05) is 16.6 Å². The molecule has 2 aromatic rings. The van der Waals surface area contributed by atoms with Gasteiger partial charge in [-0.3, -0.25) is 9.59 Å². The lowest BCUT2D eigenvalue weighted by molar-refractivity contribution is -0.122. The minimum atomic E-state index is -0.527. The number of halogens is 1. The van der Waals surface area contributed by atoms with Crippen molar-refractivity contribution in [2.24, 2.45) is 10.2 Å². The molecule has 1 heterocycles. The van der Waals surface area contributed by atoms with Gasteiger partial charge in [-0.1, -0.05) is 64.1 Å². The Morgan fingerprint density at radius 2 is 1.93 bits per heavy atom. The van der Waals surface area contributed by atoms with Crippen molar-refractivity contribution in [3.63, 3.8) is 0 Å². The minimum absolute atomic E-state index is 0.0578.